The van der Waals surface area contributed by atoms with Crippen LogP contribution in [0.1, 0.15) is 55.4 Å². The number of aliphatic hydroxyl groups excluding tert-OH is 1. The van der Waals surface area contributed by atoms with Crippen LogP contribution in [-0.4, -0.2) is 47.2 Å². The van der Waals surface area contributed by atoms with E-state index in [0.29, 0.717) is 44.5 Å². The molecule has 5 nitrogen and oxygen atoms in total. The Morgan fingerprint density at radius 2 is 1.90 bits per heavy atom. The van der Waals surface area contributed by atoms with Crippen LogP contribution in [0.15, 0.2) is 42.5 Å². The molecule has 2 N–H and O–H groups in total. The van der Waals surface area contributed by atoms with E-state index in [1.807, 2.05) is 30.0 Å². The highest BCUT2D eigenvalue weighted by atomic mass is 19.1. The average molecular weight is 427 g/mol. The minimum atomic E-state index is -1.16. The second-order valence-corrected chi connectivity index (χ2v) is 8.72. The van der Waals surface area contributed by atoms with Crippen molar-refractivity contribution in [3.8, 4) is 0 Å². The first-order valence-electron chi connectivity index (χ1n) is 11.2. The molecule has 1 amide bonds. The minimum absolute atomic E-state index is 0.130. The van der Waals surface area contributed by atoms with Crippen molar-refractivity contribution in [2.75, 3.05) is 31.1 Å². The fourth-order valence-electron chi connectivity index (χ4n) is 4.84. The summed E-state index contributed by atoms with van der Waals surface area (Å²) in [5.41, 5.74) is 2.11. The highest BCUT2D eigenvalue weighted by Crippen LogP contribution is 2.35. The number of piperidine rings is 1. The van der Waals surface area contributed by atoms with Gasteiger partial charge < -0.3 is 20.0 Å². The summed E-state index contributed by atoms with van der Waals surface area (Å²) in [7, 11) is 0. The van der Waals surface area contributed by atoms with Crippen molar-refractivity contribution in [2.24, 2.45) is 0 Å². The summed E-state index contributed by atoms with van der Waals surface area (Å²) in [6.45, 7) is 4.27. The maximum atomic E-state index is 14.1. The highest BCUT2D eigenvalue weighted by molar-refractivity contribution is 5.94. The number of rotatable bonds is 5. The van der Waals surface area contributed by atoms with E-state index < -0.39 is 11.7 Å². The lowest BCUT2D eigenvalue weighted by molar-refractivity contribution is -0.118. The van der Waals surface area contributed by atoms with Crippen molar-refractivity contribution in [1.29, 1.82) is 0 Å². The van der Waals surface area contributed by atoms with Crippen LogP contribution in [0.2, 0.25) is 0 Å². The molecule has 4 rings (SSSR count). The Labute approximate surface area is 183 Å². The maximum Gasteiger partial charge on any atom is 0.226 e. The number of carbonyl (C=O) groups excluding carboxylic acids is 1. The van der Waals surface area contributed by atoms with Gasteiger partial charge >= 0.3 is 0 Å². The molecule has 2 aromatic carbocycles. The number of amides is 1. The lowest BCUT2D eigenvalue weighted by Gasteiger charge is -2.39. The maximum absolute atomic E-state index is 14.1. The van der Waals surface area contributed by atoms with E-state index in [1.54, 1.807) is 18.2 Å². The summed E-state index contributed by atoms with van der Waals surface area (Å²) in [4.78, 5) is 16.2. The largest absolute Gasteiger partial charge is 0.387 e. The molecule has 2 aromatic rings. The van der Waals surface area contributed by atoms with Crippen LogP contribution < -0.4 is 4.90 Å². The van der Waals surface area contributed by atoms with Crippen LogP contribution >= 0.6 is 0 Å². The number of β-amino-alcohol motifs (C(OH)–C–C–N with tert-alkyl or cyclic N) is 1. The molecule has 31 heavy (non-hydrogen) atoms. The SMILES string of the molecule is CCC(=O)N1CCCc2cc([C@@H](O)CN3CCC(O)(c4ccccc4F)CC3)ccc21. The summed E-state index contributed by atoms with van der Waals surface area (Å²) in [5.74, 6) is -0.243. The number of likely N-dealkylation sites (tertiary alicyclic amines) is 1. The molecule has 0 unspecified atom stereocenters. The molecular formula is C25H31FN2O3. The van der Waals surface area contributed by atoms with Crippen molar-refractivity contribution in [3.05, 3.63) is 65.0 Å². The average Bonchev–Trinajstić information content (AvgIpc) is 2.79. The normalized spacial score (nSPS) is 19.7. The third kappa shape index (κ3) is 4.52. The number of benzene rings is 2. The zero-order valence-electron chi connectivity index (χ0n) is 18.1. The molecule has 0 bridgehead atoms. The molecule has 1 atom stereocenters. The van der Waals surface area contributed by atoms with E-state index in [0.717, 1.165) is 36.2 Å². The van der Waals surface area contributed by atoms with Crippen LogP contribution in [0, 0.1) is 5.82 Å². The number of hydrogen-bond acceptors (Lipinski definition) is 4. The molecule has 2 aliphatic rings. The van der Waals surface area contributed by atoms with E-state index in [4.69, 9.17) is 0 Å². The van der Waals surface area contributed by atoms with Crippen molar-refractivity contribution in [2.45, 2.75) is 50.7 Å². The van der Waals surface area contributed by atoms with Crippen molar-refractivity contribution in [1.82, 2.24) is 4.90 Å². The molecule has 2 aliphatic heterocycles. The van der Waals surface area contributed by atoms with Gasteiger partial charge in [-0.1, -0.05) is 37.3 Å². The summed E-state index contributed by atoms with van der Waals surface area (Å²) >= 11 is 0. The van der Waals surface area contributed by atoms with Gasteiger partial charge in [-0.05, 0) is 48.9 Å². The van der Waals surface area contributed by atoms with Crippen LogP contribution in [0.25, 0.3) is 0 Å². The molecule has 166 valence electrons. The number of nitrogens with zero attached hydrogens (tertiary/aromatic N) is 2. The van der Waals surface area contributed by atoms with Crippen LogP contribution in [0.3, 0.4) is 0 Å². The molecule has 0 spiro atoms. The van der Waals surface area contributed by atoms with Gasteiger partial charge in [0, 0.05) is 43.9 Å². The zero-order chi connectivity index (χ0) is 22.0. The van der Waals surface area contributed by atoms with Crippen molar-refractivity contribution < 1.29 is 19.4 Å². The van der Waals surface area contributed by atoms with Gasteiger partial charge in [-0.3, -0.25) is 4.79 Å². The summed E-state index contributed by atoms with van der Waals surface area (Å²) in [6, 6.07) is 12.3. The van der Waals surface area contributed by atoms with Gasteiger partial charge in [0.05, 0.1) is 11.7 Å². The molecule has 0 aromatic heterocycles. The number of carbonyl (C=O) groups is 1. The monoisotopic (exact) mass is 426 g/mol. The Morgan fingerprint density at radius 1 is 1.16 bits per heavy atom. The number of aliphatic hydroxyl groups is 2. The van der Waals surface area contributed by atoms with Gasteiger partial charge in [-0.15, -0.1) is 0 Å². The van der Waals surface area contributed by atoms with E-state index >= 15 is 0 Å². The Bertz CT molecular complexity index is 940. The first-order chi connectivity index (χ1) is 14.9. The molecule has 0 radical (unpaired) electrons. The van der Waals surface area contributed by atoms with Gasteiger partial charge in [0.25, 0.3) is 0 Å². The first-order valence-corrected chi connectivity index (χ1v) is 11.2. The molecule has 0 aliphatic carbocycles. The Balaban J connectivity index is 1.40. The fraction of sp³-hybridized carbons (Fsp3) is 0.480. The van der Waals surface area contributed by atoms with Crippen LogP contribution in [0.5, 0.6) is 0 Å². The third-order valence-corrected chi connectivity index (χ3v) is 6.70. The lowest BCUT2D eigenvalue weighted by Crippen LogP contribution is -2.44. The molecule has 1 fully saturated rings. The summed E-state index contributed by atoms with van der Waals surface area (Å²) in [6.07, 6.45) is 2.53. The third-order valence-electron chi connectivity index (χ3n) is 6.70. The van der Waals surface area contributed by atoms with Crippen molar-refractivity contribution in [3.63, 3.8) is 0 Å². The predicted molar refractivity (Wildman–Crippen MR) is 118 cm³/mol. The highest BCUT2D eigenvalue weighted by Gasteiger charge is 2.36. The molecule has 2 heterocycles. The first kappa shape index (κ1) is 21.9. The van der Waals surface area contributed by atoms with Gasteiger partial charge in [0.2, 0.25) is 5.91 Å². The standard InChI is InChI=1S/C25H31FN2O3/c1-2-24(30)28-13-5-6-18-16-19(9-10-22(18)28)23(29)17-27-14-11-25(31,12-15-27)20-7-3-4-8-21(20)26/h3-4,7-10,16,23,29,31H,2,5-6,11-15,17H2,1H3/t23-/m0/s1. The summed E-state index contributed by atoms with van der Waals surface area (Å²) in [5, 5.41) is 21.8. The number of halogens is 1. The van der Waals surface area contributed by atoms with E-state index in [-0.39, 0.29) is 11.7 Å². The van der Waals surface area contributed by atoms with E-state index in [2.05, 4.69) is 4.90 Å². The van der Waals surface area contributed by atoms with Crippen LogP contribution in [0.4, 0.5) is 10.1 Å². The topological polar surface area (TPSA) is 64.0 Å². The number of aryl methyl sites for hydroxylation is 1. The second kappa shape index (κ2) is 9.07. The van der Waals surface area contributed by atoms with E-state index in [1.165, 1.54) is 6.07 Å². The molecular weight excluding hydrogens is 395 g/mol. The predicted octanol–water partition coefficient (Wildman–Crippen LogP) is 3.53. The Kier molecular flexibility index (Phi) is 6.42. The van der Waals surface area contributed by atoms with Gasteiger partial charge in [-0.2, -0.15) is 0 Å². The lowest BCUT2D eigenvalue weighted by atomic mass is 9.84. The zero-order valence-corrected chi connectivity index (χ0v) is 18.1. The number of hydrogen-bond donors (Lipinski definition) is 2. The van der Waals surface area contributed by atoms with Gasteiger partial charge in [-0.25, -0.2) is 4.39 Å². The van der Waals surface area contributed by atoms with Crippen molar-refractivity contribution >= 4 is 11.6 Å². The Hall–Kier alpha value is -2.28. The fourth-order valence-corrected chi connectivity index (χ4v) is 4.84. The molecule has 0 saturated carbocycles. The molecule has 1 saturated heterocycles. The van der Waals surface area contributed by atoms with Crippen LogP contribution in [-0.2, 0) is 16.8 Å². The minimum Gasteiger partial charge on any atom is -0.387 e. The smallest absolute Gasteiger partial charge is 0.226 e. The molecule has 6 heteroatoms. The number of fused-ring (bicyclic) bond motifs is 1. The Morgan fingerprint density at radius 3 is 2.61 bits per heavy atom. The van der Waals surface area contributed by atoms with E-state index in [9.17, 15) is 19.4 Å². The second-order valence-electron chi connectivity index (χ2n) is 8.72. The van der Waals surface area contributed by atoms with Gasteiger partial charge in [0.15, 0.2) is 0 Å². The number of anilines is 1. The quantitative estimate of drug-likeness (QED) is 0.768. The van der Waals surface area contributed by atoms with Gasteiger partial charge in [0.1, 0.15) is 5.82 Å². The summed E-state index contributed by atoms with van der Waals surface area (Å²) < 4.78 is 14.1.